The van der Waals surface area contributed by atoms with Gasteiger partial charge in [0.1, 0.15) is 5.82 Å². The van der Waals surface area contributed by atoms with E-state index in [2.05, 4.69) is 0 Å². The highest BCUT2D eigenvalue weighted by Gasteiger charge is 2.45. The van der Waals surface area contributed by atoms with Gasteiger partial charge in [0.25, 0.3) is 0 Å². The van der Waals surface area contributed by atoms with Gasteiger partial charge in [0, 0.05) is 11.7 Å². The maximum Gasteiger partial charge on any atom is 0.471 e. The van der Waals surface area contributed by atoms with Crippen LogP contribution < -0.4 is 4.90 Å². The fourth-order valence-electron chi connectivity index (χ4n) is 2.17. The van der Waals surface area contributed by atoms with Gasteiger partial charge in [0.15, 0.2) is 0 Å². The molecule has 2 rings (SSSR count). The van der Waals surface area contributed by atoms with Gasteiger partial charge < -0.3 is 4.90 Å². The maximum atomic E-state index is 13.0. The van der Waals surface area contributed by atoms with Gasteiger partial charge in [-0.25, -0.2) is 4.39 Å². The van der Waals surface area contributed by atoms with Crippen LogP contribution in [0.1, 0.15) is 18.9 Å². The van der Waals surface area contributed by atoms with E-state index in [-0.39, 0.29) is 5.69 Å². The zero-order chi connectivity index (χ0) is 13.5. The number of rotatable bonds is 0. The summed E-state index contributed by atoms with van der Waals surface area (Å²) in [6.07, 6.45) is -4.06. The van der Waals surface area contributed by atoms with E-state index >= 15 is 0 Å². The Hall–Kier alpha value is -1.59. The van der Waals surface area contributed by atoms with E-state index in [1.54, 1.807) is 6.92 Å². The van der Waals surface area contributed by atoms with Gasteiger partial charge in [-0.1, -0.05) is 0 Å². The number of hydrogen-bond donors (Lipinski definition) is 0. The van der Waals surface area contributed by atoms with Gasteiger partial charge in [-0.2, -0.15) is 13.2 Å². The average molecular weight is 261 g/mol. The van der Waals surface area contributed by atoms with E-state index in [9.17, 15) is 22.4 Å². The number of alkyl halides is 3. The van der Waals surface area contributed by atoms with Crippen molar-refractivity contribution in [1.82, 2.24) is 0 Å². The third kappa shape index (κ3) is 2.19. The van der Waals surface area contributed by atoms with Crippen LogP contribution in [0.3, 0.4) is 0 Å². The molecule has 2 nitrogen and oxygen atoms in total. The van der Waals surface area contributed by atoms with Crippen LogP contribution in [0, 0.1) is 5.82 Å². The Bertz CT molecular complexity index is 483. The molecule has 0 saturated heterocycles. The van der Waals surface area contributed by atoms with Crippen LogP contribution in [0.4, 0.5) is 23.2 Å². The van der Waals surface area contributed by atoms with Gasteiger partial charge in [-0.15, -0.1) is 0 Å². The molecule has 0 N–H and O–H groups in total. The lowest BCUT2D eigenvalue weighted by atomic mass is 9.96. The van der Waals surface area contributed by atoms with E-state index in [0.717, 1.165) is 6.07 Å². The molecule has 1 heterocycles. The molecule has 0 fully saturated rings. The molecule has 0 saturated carbocycles. The van der Waals surface area contributed by atoms with Crippen molar-refractivity contribution < 1.29 is 22.4 Å². The Morgan fingerprint density at radius 1 is 1.39 bits per heavy atom. The number of carbonyl (C=O) groups is 1. The Labute approximate surface area is 101 Å². The number of anilines is 1. The lowest BCUT2D eigenvalue weighted by molar-refractivity contribution is -0.171. The molecule has 1 aliphatic rings. The maximum absolute atomic E-state index is 13.0. The van der Waals surface area contributed by atoms with Crippen LogP contribution in [-0.2, 0) is 11.2 Å². The second-order valence-corrected chi connectivity index (χ2v) is 4.33. The molecular formula is C12H11F4NO. The number of nitrogens with zero attached hydrogens (tertiary/aromatic N) is 1. The van der Waals surface area contributed by atoms with Gasteiger partial charge >= 0.3 is 12.1 Å². The van der Waals surface area contributed by atoms with Crippen molar-refractivity contribution in [2.24, 2.45) is 0 Å². The van der Waals surface area contributed by atoms with Crippen molar-refractivity contribution in [3.63, 3.8) is 0 Å². The van der Waals surface area contributed by atoms with Crippen molar-refractivity contribution in [3.05, 3.63) is 29.6 Å². The van der Waals surface area contributed by atoms with Crippen molar-refractivity contribution in [1.29, 1.82) is 0 Å². The average Bonchev–Trinajstić information content (AvgIpc) is 2.27. The molecule has 0 aromatic heterocycles. The molecule has 0 spiro atoms. The minimum absolute atomic E-state index is 0.150. The van der Waals surface area contributed by atoms with Crippen molar-refractivity contribution >= 4 is 11.6 Å². The molecular weight excluding hydrogens is 250 g/mol. The third-order valence-electron chi connectivity index (χ3n) is 3.03. The van der Waals surface area contributed by atoms with Crippen LogP contribution in [0.2, 0.25) is 0 Å². The number of amides is 1. The fourth-order valence-corrected chi connectivity index (χ4v) is 2.17. The highest BCUT2D eigenvalue weighted by atomic mass is 19.4. The summed E-state index contributed by atoms with van der Waals surface area (Å²) in [5.74, 6) is -2.41. The van der Waals surface area contributed by atoms with E-state index in [0.29, 0.717) is 23.3 Å². The summed E-state index contributed by atoms with van der Waals surface area (Å²) >= 11 is 0. The molecule has 1 atom stereocenters. The minimum atomic E-state index is -4.92. The summed E-state index contributed by atoms with van der Waals surface area (Å²) in [7, 11) is 0. The number of hydrogen-bond acceptors (Lipinski definition) is 1. The molecule has 0 radical (unpaired) electrons. The summed E-state index contributed by atoms with van der Waals surface area (Å²) in [4.78, 5) is 12.1. The number of carbonyl (C=O) groups excluding carboxylic acids is 1. The standard InChI is InChI=1S/C12H11F4NO/c1-7-2-3-8-6-9(13)4-5-10(8)17(7)11(18)12(14,15)16/h4-7H,2-3H2,1H3. The van der Waals surface area contributed by atoms with Crippen LogP contribution in [0.15, 0.2) is 18.2 Å². The normalized spacial score (nSPS) is 19.6. The summed E-state index contributed by atoms with van der Waals surface area (Å²) in [5.41, 5.74) is 0.586. The van der Waals surface area contributed by atoms with Gasteiger partial charge in [-0.3, -0.25) is 4.79 Å². The number of benzene rings is 1. The number of halogens is 4. The second kappa shape index (κ2) is 4.26. The molecule has 18 heavy (non-hydrogen) atoms. The Balaban J connectivity index is 2.46. The van der Waals surface area contributed by atoms with Crippen LogP contribution in [0.25, 0.3) is 0 Å². The van der Waals surface area contributed by atoms with Gasteiger partial charge in [0.2, 0.25) is 0 Å². The van der Waals surface area contributed by atoms with E-state index < -0.39 is 23.9 Å². The molecule has 1 aromatic carbocycles. The summed E-state index contributed by atoms with van der Waals surface area (Å²) in [6.45, 7) is 1.55. The van der Waals surface area contributed by atoms with Crippen molar-refractivity contribution in [2.45, 2.75) is 32.0 Å². The Morgan fingerprint density at radius 3 is 2.67 bits per heavy atom. The number of fused-ring (bicyclic) bond motifs is 1. The molecule has 98 valence electrons. The molecule has 1 amide bonds. The zero-order valence-corrected chi connectivity index (χ0v) is 9.59. The largest absolute Gasteiger partial charge is 0.471 e. The monoisotopic (exact) mass is 261 g/mol. The third-order valence-corrected chi connectivity index (χ3v) is 3.03. The minimum Gasteiger partial charge on any atom is -0.302 e. The fraction of sp³-hybridized carbons (Fsp3) is 0.417. The van der Waals surface area contributed by atoms with E-state index in [1.807, 2.05) is 0 Å². The topological polar surface area (TPSA) is 20.3 Å². The quantitative estimate of drug-likeness (QED) is 0.657. The van der Waals surface area contributed by atoms with Crippen molar-refractivity contribution in [2.75, 3.05) is 4.90 Å². The summed E-state index contributed by atoms with van der Waals surface area (Å²) in [5, 5.41) is 0. The highest BCUT2D eigenvalue weighted by Crippen LogP contribution is 2.34. The molecule has 1 aromatic rings. The Morgan fingerprint density at radius 2 is 2.06 bits per heavy atom. The predicted molar refractivity (Wildman–Crippen MR) is 57.7 cm³/mol. The smallest absolute Gasteiger partial charge is 0.302 e. The van der Waals surface area contributed by atoms with Crippen LogP contribution in [0.5, 0.6) is 0 Å². The van der Waals surface area contributed by atoms with E-state index in [1.165, 1.54) is 12.1 Å². The summed E-state index contributed by atoms with van der Waals surface area (Å²) in [6, 6.07) is 2.92. The number of aryl methyl sites for hydroxylation is 1. The van der Waals surface area contributed by atoms with Crippen molar-refractivity contribution in [3.8, 4) is 0 Å². The van der Waals surface area contributed by atoms with E-state index in [4.69, 9.17) is 0 Å². The van der Waals surface area contributed by atoms with Crippen LogP contribution >= 0.6 is 0 Å². The molecule has 0 aliphatic carbocycles. The molecule has 1 unspecified atom stereocenters. The first kappa shape index (κ1) is 12.9. The lowest BCUT2D eigenvalue weighted by Gasteiger charge is -2.35. The zero-order valence-electron chi connectivity index (χ0n) is 9.59. The summed E-state index contributed by atoms with van der Waals surface area (Å²) < 4.78 is 50.6. The molecule has 6 heteroatoms. The molecule has 0 bridgehead atoms. The highest BCUT2D eigenvalue weighted by molar-refractivity contribution is 5.98. The van der Waals surface area contributed by atoms with Gasteiger partial charge in [0.05, 0.1) is 0 Å². The lowest BCUT2D eigenvalue weighted by Crippen LogP contribution is -2.48. The SMILES string of the molecule is CC1CCc2cc(F)ccc2N1C(=O)C(F)(F)F. The first-order valence-electron chi connectivity index (χ1n) is 5.49. The van der Waals surface area contributed by atoms with Gasteiger partial charge in [-0.05, 0) is 43.5 Å². The first-order valence-corrected chi connectivity index (χ1v) is 5.49. The predicted octanol–water partition coefficient (Wildman–Crippen LogP) is 3.06. The van der Waals surface area contributed by atoms with Crippen LogP contribution in [-0.4, -0.2) is 18.1 Å². The first-order chi connectivity index (χ1) is 8.30. The second-order valence-electron chi connectivity index (χ2n) is 4.33. The molecule has 1 aliphatic heterocycles. The Kier molecular flexibility index (Phi) is 3.04.